The SMILES string of the molecule is CNC(c1ccoc1)c1ccc(Br)cn1. The first-order valence-corrected chi connectivity index (χ1v) is 5.41. The molecule has 1 unspecified atom stereocenters. The number of hydrogen-bond acceptors (Lipinski definition) is 3. The van der Waals surface area contributed by atoms with Gasteiger partial charge in [0.1, 0.15) is 0 Å². The van der Waals surface area contributed by atoms with Gasteiger partial charge in [-0.25, -0.2) is 0 Å². The van der Waals surface area contributed by atoms with Crippen molar-refractivity contribution in [2.45, 2.75) is 6.04 Å². The van der Waals surface area contributed by atoms with E-state index in [4.69, 9.17) is 4.42 Å². The number of halogens is 1. The van der Waals surface area contributed by atoms with Gasteiger partial charge in [-0.3, -0.25) is 4.98 Å². The van der Waals surface area contributed by atoms with Crippen LogP contribution in [0.2, 0.25) is 0 Å². The predicted octanol–water partition coefficient (Wildman–Crippen LogP) is 2.75. The first kappa shape index (κ1) is 10.4. The fraction of sp³-hybridized carbons (Fsp3) is 0.182. The average molecular weight is 267 g/mol. The van der Waals surface area contributed by atoms with Crippen molar-refractivity contribution < 1.29 is 4.42 Å². The summed E-state index contributed by atoms with van der Waals surface area (Å²) in [5.74, 6) is 0. The van der Waals surface area contributed by atoms with Crippen LogP contribution in [0.15, 0.2) is 45.8 Å². The van der Waals surface area contributed by atoms with Crippen molar-refractivity contribution in [3.8, 4) is 0 Å². The number of nitrogens with zero attached hydrogens (tertiary/aromatic N) is 1. The normalized spacial score (nSPS) is 12.7. The summed E-state index contributed by atoms with van der Waals surface area (Å²) < 4.78 is 6.05. The Hall–Kier alpha value is -1.13. The standard InChI is InChI=1S/C11H11BrN2O/c1-13-11(8-4-5-15-7-8)10-3-2-9(12)6-14-10/h2-7,11,13H,1H3. The average Bonchev–Trinajstić information content (AvgIpc) is 2.75. The maximum atomic E-state index is 5.07. The monoisotopic (exact) mass is 266 g/mol. The van der Waals surface area contributed by atoms with E-state index in [9.17, 15) is 0 Å². The molecule has 3 nitrogen and oxygen atoms in total. The minimum atomic E-state index is 0.0804. The van der Waals surface area contributed by atoms with Crippen LogP contribution in [0, 0.1) is 0 Å². The Bertz CT molecular complexity index is 411. The molecule has 2 aromatic heterocycles. The lowest BCUT2D eigenvalue weighted by atomic mass is 10.1. The van der Waals surface area contributed by atoms with Crippen molar-refractivity contribution >= 4 is 15.9 Å². The lowest BCUT2D eigenvalue weighted by Gasteiger charge is -2.13. The van der Waals surface area contributed by atoms with Crippen LogP contribution < -0.4 is 5.32 Å². The van der Waals surface area contributed by atoms with E-state index in [0.717, 1.165) is 15.7 Å². The quantitative estimate of drug-likeness (QED) is 0.929. The van der Waals surface area contributed by atoms with Gasteiger partial charge in [-0.1, -0.05) is 0 Å². The van der Waals surface area contributed by atoms with Crippen molar-refractivity contribution in [2.24, 2.45) is 0 Å². The summed E-state index contributed by atoms with van der Waals surface area (Å²) in [7, 11) is 1.90. The second kappa shape index (κ2) is 4.59. The summed E-state index contributed by atoms with van der Waals surface area (Å²) in [6.07, 6.45) is 5.18. The third-order valence-electron chi connectivity index (χ3n) is 2.21. The first-order chi connectivity index (χ1) is 7.31. The first-order valence-electron chi connectivity index (χ1n) is 4.62. The van der Waals surface area contributed by atoms with Gasteiger partial charge < -0.3 is 9.73 Å². The van der Waals surface area contributed by atoms with E-state index in [-0.39, 0.29) is 6.04 Å². The van der Waals surface area contributed by atoms with Gasteiger partial charge in [0.05, 0.1) is 24.3 Å². The lowest BCUT2D eigenvalue weighted by Crippen LogP contribution is -2.18. The van der Waals surface area contributed by atoms with Gasteiger partial charge in [0.2, 0.25) is 0 Å². The van der Waals surface area contributed by atoms with Crippen LogP contribution in [0.3, 0.4) is 0 Å². The van der Waals surface area contributed by atoms with Crippen LogP contribution in [0.25, 0.3) is 0 Å². The summed E-state index contributed by atoms with van der Waals surface area (Å²) >= 11 is 3.36. The Morgan fingerprint density at radius 1 is 1.40 bits per heavy atom. The third kappa shape index (κ3) is 2.27. The Balaban J connectivity index is 2.31. The zero-order chi connectivity index (χ0) is 10.7. The summed E-state index contributed by atoms with van der Waals surface area (Å²) in [5.41, 5.74) is 2.05. The summed E-state index contributed by atoms with van der Waals surface area (Å²) in [6.45, 7) is 0. The number of hydrogen-bond donors (Lipinski definition) is 1. The molecule has 0 saturated heterocycles. The Labute approximate surface area is 96.6 Å². The fourth-order valence-electron chi connectivity index (χ4n) is 1.48. The molecule has 4 heteroatoms. The van der Waals surface area contributed by atoms with E-state index in [1.807, 2.05) is 25.2 Å². The number of pyridine rings is 1. The van der Waals surface area contributed by atoms with E-state index < -0.39 is 0 Å². The van der Waals surface area contributed by atoms with Gasteiger partial charge in [0, 0.05) is 16.2 Å². The highest BCUT2D eigenvalue weighted by Crippen LogP contribution is 2.21. The molecular formula is C11H11BrN2O. The van der Waals surface area contributed by atoms with E-state index in [1.165, 1.54) is 0 Å². The largest absolute Gasteiger partial charge is 0.472 e. The zero-order valence-electron chi connectivity index (χ0n) is 8.27. The molecule has 1 N–H and O–H groups in total. The summed E-state index contributed by atoms with van der Waals surface area (Å²) in [4.78, 5) is 4.35. The maximum absolute atomic E-state index is 5.07. The Kier molecular flexibility index (Phi) is 3.18. The fourth-order valence-corrected chi connectivity index (χ4v) is 1.72. The van der Waals surface area contributed by atoms with Gasteiger partial charge in [-0.2, -0.15) is 0 Å². The zero-order valence-corrected chi connectivity index (χ0v) is 9.86. The van der Waals surface area contributed by atoms with Gasteiger partial charge in [0.25, 0.3) is 0 Å². The molecule has 78 valence electrons. The second-order valence-electron chi connectivity index (χ2n) is 3.18. The molecule has 0 bridgehead atoms. The van der Waals surface area contributed by atoms with Gasteiger partial charge in [-0.05, 0) is 41.2 Å². The topological polar surface area (TPSA) is 38.1 Å². The summed E-state index contributed by atoms with van der Waals surface area (Å²) in [6, 6.07) is 5.98. The Morgan fingerprint density at radius 2 is 2.27 bits per heavy atom. The molecule has 0 aliphatic carbocycles. The van der Waals surface area contributed by atoms with Crippen LogP contribution in [-0.2, 0) is 0 Å². The highest BCUT2D eigenvalue weighted by atomic mass is 79.9. The maximum Gasteiger partial charge on any atom is 0.0954 e. The van der Waals surface area contributed by atoms with Crippen LogP contribution in [0.1, 0.15) is 17.3 Å². The molecule has 0 saturated carbocycles. The van der Waals surface area contributed by atoms with Gasteiger partial charge >= 0.3 is 0 Å². The molecule has 0 spiro atoms. The molecule has 0 fully saturated rings. The number of aromatic nitrogens is 1. The highest BCUT2D eigenvalue weighted by molar-refractivity contribution is 9.10. The molecule has 0 aliphatic rings. The smallest absolute Gasteiger partial charge is 0.0954 e. The molecule has 0 amide bonds. The lowest BCUT2D eigenvalue weighted by molar-refractivity contribution is 0.556. The van der Waals surface area contributed by atoms with E-state index in [2.05, 4.69) is 26.2 Å². The molecule has 1 atom stereocenters. The molecule has 15 heavy (non-hydrogen) atoms. The molecule has 0 aromatic carbocycles. The highest BCUT2D eigenvalue weighted by Gasteiger charge is 2.13. The molecule has 0 aliphatic heterocycles. The molecule has 2 rings (SSSR count). The number of nitrogens with one attached hydrogen (secondary N) is 1. The number of rotatable bonds is 3. The second-order valence-corrected chi connectivity index (χ2v) is 4.10. The van der Waals surface area contributed by atoms with Gasteiger partial charge in [0.15, 0.2) is 0 Å². The Morgan fingerprint density at radius 3 is 2.80 bits per heavy atom. The van der Waals surface area contributed by atoms with Crippen LogP contribution in [-0.4, -0.2) is 12.0 Å². The predicted molar refractivity (Wildman–Crippen MR) is 61.5 cm³/mol. The number of furan rings is 1. The van der Waals surface area contributed by atoms with Gasteiger partial charge in [-0.15, -0.1) is 0 Å². The van der Waals surface area contributed by atoms with Crippen molar-refractivity contribution in [2.75, 3.05) is 7.05 Å². The summed E-state index contributed by atoms with van der Waals surface area (Å²) in [5, 5.41) is 3.20. The van der Waals surface area contributed by atoms with Crippen molar-refractivity contribution in [3.63, 3.8) is 0 Å². The van der Waals surface area contributed by atoms with Crippen LogP contribution in [0.4, 0.5) is 0 Å². The third-order valence-corrected chi connectivity index (χ3v) is 2.68. The molecule has 0 radical (unpaired) electrons. The van der Waals surface area contributed by atoms with Crippen LogP contribution in [0.5, 0.6) is 0 Å². The van der Waals surface area contributed by atoms with E-state index >= 15 is 0 Å². The minimum Gasteiger partial charge on any atom is -0.472 e. The molecular weight excluding hydrogens is 256 g/mol. The minimum absolute atomic E-state index is 0.0804. The van der Waals surface area contributed by atoms with E-state index in [1.54, 1.807) is 18.7 Å². The van der Waals surface area contributed by atoms with Crippen molar-refractivity contribution in [1.29, 1.82) is 0 Å². The van der Waals surface area contributed by atoms with Crippen molar-refractivity contribution in [3.05, 3.63) is 52.7 Å². The van der Waals surface area contributed by atoms with E-state index in [0.29, 0.717) is 0 Å². The van der Waals surface area contributed by atoms with Crippen molar-refractivity contribution in [1.82, 2.24) is 10.3 Å². The van der Waals surface area contributed by atoms with Crippen LogP contribution >= 0.6 is 15.9 Å². The molecule has 2 aromatic rings. The molecule has 2 heterocycles.